The van der Waals surface area contributed by atoms with Crippen LogP contribution >= 0.6 is 0 Å². The minimum absolute atomic E-state index is 0.0173. The number of carbonyl (C=O) groups excluding carboxylic acids is 2. The van der Waals surface area contributed by atoms with E-state index >= 15 is 0 Å². The molecule has 0 aromatic heterocycles. The summed E-state index contributed by atoms with van der Waals surface area (Å²) < 4.78 is 38.7. The molecule has 2 amide bonds. The topological polar surface area (TPSA) is 70.2 Å². The molecule has 8 heteroatoms. The van der Waals surface area contributed by atoms with E-state index in [1.54, 1.807) is 24.3 Å². The molecule has 0 fully saturated rings. The molecule has 3 N–H and O–H groups in total. The Labute approximate surface area is 148 Å². The molecule has 0 saturated heterocycles. The Kier molecular flexibility index (Phi) is 6.21. The van der Waals surface area contributed by atoms with E-state index in [0.29, 0.717) is 11.4 Å². The van der Waals surface area contributed by atoms with Crippen molar-refractivity contribution in [2.24, 2.45) is 0 Å². The van der Waals surface area contributed by atoms with Gasteiger partial charge in [-0.25, -0.2) is 0 Å². The Morgan fingerprint density at radius 2 is 1.65 bits per heavy atom. The number of carbonyl (C=O) groups is 2. The highest BCUT2D eigenvalue weighted by molar-refractivity contribution is 5.92. The number of hydrogen-bond donors (Lipinski definition) is 3. The maximum Gasteiger partial charge on any atom is 0.418 e. The molecule has 2 aromatic carbocycles. The van der Waals surface area contributed by atoms with Crippen LogP contribution in [-0.2, 0) is 15.8 Å². The van der Waals surface area contributed by atoms with Crippen LogP contribution in [0, 0.1) is 0 Å². The van der Waals surface area contributed by atoms with Gasteiger partial charge in [-0.3, -0.25) is 9.59 Å². The standard InChI is InChI=1S/C18H18F3N3O2/c1-12(25)23-14-6-4-5-13(11-14)22-10-9-17(26)24-16-8-3-2-7-15(16)18(19,20)21/h2-8,11,22H,9-10H2,1H3,(H,23,25)(H,24,26). The van der Waals surface area contributed by atoms with E-state index in [9.17, 15) is 22.8 Å². The molecule has 2 aromatic rings. The van der Waals surface area contributed by atoms with E-state index < -0.39 is 17.6 Å². The summed E-state index contributed by atoms with van der Waals surface area (Å²) in [5, 5.41) is 7.90. The van der Waals surface area contributed by atoms with Gasteiger partial charge in [-0.1, -0.05) is 18.2 Å². The Morgan fingerprint density at radius 3 is 2.35 bits per heavy atom. The molecule has 0 saturated carbocycles. The molecule has 0 heterocycles. The van der Waals surface area contributed by atoms with Crippen molar-refractivity contribution in [1.29, 1.82) is 0 Å². The van der Waals surface area contributed by atoms with Crippen LogP contribution in [0.2, 0.25) is 0 Å². The highest BCUT2D eigenvalue weighted by Gasteiger charge is 2.33. The number of para-hydroxylation sites is 1. The van der Waals surface area contributed by atoms with Crippen LogP contribution in [0.1, 0.15) is 18.9 Å². The smallest absolute Gasteiger partial charge is 0.384 e. The van der Waals surface area contributed by atoms with Gasteiger partial charge in [-0.15, -0.1) is 0 Å². The van der Waals surface area contributed by atoms with Gasteiger partial charge in [0.1, 0.15) is 0 Å². The normalized spacial score (nSPS) is 10.9. The lowest BCUT2D eigenvalue weighted by molar-refractivity contribution is -0.137. The van der Waals surface area contributed by atoms with E-state index in [1.165, 1.54) is 25.1 Å². The number of halogens is 3. The third-order valence-corrected chi connectivity index (χ3v) is 3.37. The van der Waals surface area contributed by atoms with Gasteiger partial charge in [-0.05, 0) is 30.3 Å². The van der Waals surface area contributed by atoms with Crippen LogP contribution in [0.3, 0.4) is 0 Å². The first-order valence-electron chi connectivity index (χ1n) is 7.83. The molecule has 0 radical (unpaired) electrons. The number of rotatable bonds is 6. The van der Waals surface area contributed by atoms with Crippen molar-refractivity contribution in [3.8, 4) is 0 Å². The fraction of sp³-hybridized carbons (Fsp3) is 0.222. The van der Waals surface area contributed by atoms with E-state index in [2.05, 4.69) is 16.0 Å². The van der Waals surface area contributed by atoms with Gasteiger partial charge in [0.05, 0.1) is 11.3 Å². The maximum absolute atomic E-state index is 12.9. The molecular formula is C18H18F3N3O2. The second-order valence-corrected chi connectivity index (χ2v) is 5.53. The molecular weight excluding hydrogens is 347 g/mol. The van der Waals surface area contributed by atoms with Crippen LogP contribution in [0.25, 0.3) is 0 Å². The Bertz CT molecular complexity index is 791. The minimum Gasteiger partial charge on any atom is -0.384 e. The zero-order valence-corrected chi connectivity index (χ0v) is 14.0. The third-order valence-electron chi connectivity index (χ3n) is 3.37. The summed E-state index contributed by atoms with van der Waals surface area (Å²) in [5.41, 5.74) is 0.132. The monoisotopic (exact) mass is 365 g/mol. The summed E-state index contributed by atoms with van der Waals surface area (Å²) in [4.78, 5) is 23.0. The van der Waals surface area contributed by atoms with Gasteiger partial charge < -0.3 is 16.0 Å². The maximum atomic E-state index is 12.9. The number of nitrogens with one attached hydrogen (secondary N) is 3. The predicted molar refractivity (Wildman–Crippen MR) is 93.9 cm³/mol. The molecule has 0 atom stereocenters. The minimum atomic E-state index is -4.54. The van der Waals surface area contributed by atoms with E-state index in [-0.39, 0.29) is 24.6 Å². The lowest BCUT2D eigenvalue weighted by Gasteiger charge is -2.14. The van der Waals surface area contributed by atoms with Crippen molar-refractivity contribution in [2.75, 3.05) is 22.5 Å². The lowest BCUT2D eigenvalue weighted by atomic mass is 10.1. The SMILES string of the molecule is CC(=O)Nc1cccc(NCCC(=O)Nc2ccccc2C(F)(F)F)c1. The van der Waals surface area contributed by atoms with Crippen molar-refractivity contribution in [1.82, 2.24) is 0 Å². The fourth-order valence-electron chi connectivity index (χ4n) is 2.28. The van der Waals surface area contributed by atoms with Crippen molar-refractivity contribution >= 4 is 28.9 Å². The Balaban J connectivity index is 1.90. The lowest BCUT2D eigenvalue weighted by Crippen LogP contribution is -2.19. The number of alkyl halides is 3. The first kappa shape index (κ1) is 19.3. The predicted octanol–water partition coefficient (Wildman–Crippen LogP) is 4.10. The summed E-state index contributed by atoms with van der Waals surface area (Å²) in [6.07, 6.45) is -4.55. The first-order valence-corrected chi connectivity index (χ1v) is 7.83. The van der Waals surface area contributed by atoms with Crippen molar-refractivity contribution in [3.05, 3.63) is 54.1 Å². The second kappa shape index (κ2) is 8.37. The molecule has 2 rings (SSSR count). The van der Waals surface area contributed by atoms with Gasteiger partial charge in [-0.2, -0.15) is 13.2 Å². The van der Waals surface area contributed by atoms with Crippen LogP contribution in [0.4, 0.5) is 30.2 Å². The average Bonchev–Trinajstić information content (AvgIpc) is 2.54. The van der Waals surface area contributed by atoms with Gasteiger partial charge in [0.15, 0.2) is 0 Å². The van der Waals surface area contributed by atoms with E-state index in [0.717, 1.165) is 6.07 Å². The molecule has 5 nitrogen and oxygen atoms in total. The van der Waals surface area contributed by atoms with Crippen molar-refractivity contribution in [3.63, 3.8) is 0 Å². The van der Waals surface area contributed by atoms with Gasteiger partial charge in [0.2, 0.25) is 11.8 Å². The van der Waals surface area contributed by atoms with Crippen LogP contribution in [-0.4, -0.2) is 18.4 Å². The number of hydrogen-bond acceptors (Lipinski definition) is 3. The van der Waals surface area contributed by atoms with Crippen LogP contribution in [0.15, 0.2) is 48.5 Å². The quantitative estimate of drug-likeness (QED) is 0.722. The Morgan fingerprint density at radius 1 is 0.962 bits per heavy atom. The number of anilines is 3. The molecule has 26 heavy (non-hydrogen) atoms. The van der Waals surface area contributed by atoms with Gasteiger partial charge in [0, 0.05) is 31.3 Å². The molecule has 0 aliphatic carbocycles. The zero-order valence-electron chi connectivity index (χ0n) is 14.0. The molecule has 0 aliphatic heterocycles. The average molecular weight is 365 g/mol. The molecule has 138 valence electrons. The summed E-state index contributed by atoms with van der Waals surface area (Å²) in [7, 11) is 0. The number of benzene rings is 2. The molecule has 0 spiro atoms. The van der Waals surface area contributed by atoms with Gasteiger partial charge >= 0.3 is 6.18 Å². The van der Waals surface area contributed by atoms with E-state index in [4.69, 9.17) is 0 Å². The second-order valence-electron chi connectivity index (χ2n) is 5.53. The highest BCUT2D eigenvalue weighted by atomic mass is 19.4. The molecule has 0 unspecified atom stereocenters. The summed E-state index contributed by atoms with van der Waals surface area (Å²) in [5.74, 6) is -0.739. The first-order chi connectivity index (χ1) is 12.3. The molecule has 0 bridgehead atoms. The van der Waals surface area contributed by atoms with Crippen LogP contribution in [0.5, 0.6) is 0 Å². The van der Waals surface area contributed by atoms with E-state index in [1.807, 2.05) is 0 Å². The highest BCUT2D eigenvalue weighted by Crippen LogP contribution is 2.34. The fourth-order valence-corrected chi connectivity index (χ4v) is 2.28. The summed E-state index contributed by atoms with van der Waals surface area (Å²) in [6, 6.07) is 11.7. The largest absolute Gasteiger partial charge is 0.418 e. The van der Waals surface area contributed by atoms with Crippen molar-refractivity contribution < 1.29 is 22.8 Å². The zero-order chi connectivity index (χ0) is 19.2. The Hall–Kier alpha value is -3.03. The summed E-state index contributed by atoms with van der Waals surface area (Å²) >= 11 is 0. The van der Waals surface area contributed by atoms with Gasteiger partial charge in [0.25, 0.3) is 0 Å². The third kappa shape index (κ3) is 5.80. The molecule has 0 aliphatic rings. The number of amides is 2. The summed E-state index contributed by atoms with van der Waals surface area (Å²) in [6.45, 7) is 1.62. The van der Waals surface area contributed by atoms with Crippen molar-refractivity contribution in [2.45, 2.75) is 19.5 Å². The van der Waals surface area contributed by atoms with Crippen LogP contribution < -0.4 is 16.0 Å².